The molecule has 0 aliphatic heterocycles. The van der Waals surface area contributed by atoms with Crippen LogP contribution in [0.4, 0.5) is 0 Å². The van der Waals surface area contributed by atoms with Crippen molar-refractivity contribution in [1.82, 2.24) is 5.32 Å². The minimum absolute atomic E-state index is 0.0206. The predicted octanol–water partition coefficient (Wildman–Crippen LogP) is 3.66. The number of carbonyl (C=O) groups excluding carboxylic acids is 2. The number of carbonyl (C=O) groups is 2. The molecule has 2 aromatic rings. The van der Waals surface area contributed by atoms with Crippen molar-refractivity contribution >= 4 is 23.2 Å². The van der Waals surface area contributed by atoms with Crippen LogP contribution in [0.2, 0.25) is 0 Å². The summed E-state index contributed by atoms with van der Waals surface area (Å²) >= 11 is 1.63. The van der Waals surface area contributed by atoms with Gasteiger partial charge in [-0.2, -0.15) is 0 Å². The minimum Gasteiger partial charge on any atom is -0.465 e. The second-order valence-corrected chi connectivity index (χ2v) is 6.26. The highest BCUT2D eigenvalue weighted by Crippen LogP contribution is 2.26. The summed E-state index contributed by atoms with van der Waals surface area (Å²) in [5.41, 5.74) is 0.951. The molecule has 4 nitrogen and oxygen atoms in total. The molecule has 0 radical (unpaired) electrons. The number of hydrogen-bond donors (Lipinski definition) is 1. The molecule has 5 heteroatoms. The summed E-state index contributed by atoms with van der Waals surface area (Å²) in [6.45, 7) is 4.15. The summed E-state index contributed by atoms with van der Waals surface area (Å²) in [4.78, 5) is 24.9. The van der Waals surface area contributed by atoms with Crippen molar-refractivity contribution in [1.29, 1.82) is 0 Å². The third kappa shape index (κ3) is 3.74. The average Bonchev–Trinajstić information content (AvgIpc) is 3.05. The van der Waals surface area contributed by atoms with Crippen LogP contribution in [0, 0.1) is 5.92 Å². The summed E-state index contributed by atoms with van der Waals surface area (Å²) in [6.07, 6.45) is 0. The average molecular weight is 317 g/mol. The van der Waals surface area contributed by atoms with Crippen molar-refractivity contribution in [2.45, 2.75) is 19.9 Å². The number of methoxy groups -OCH3 is 1. The zero-order valence-electron chi connectivity index (χ0n) is 12.8. The van der Waals surface area contributed by atoms with Crippen LogP contribution in [0.3, 0.4) is 0 Å². The first-order valence-corrected chi connectivity index (χ1v) is 7.93. The third-order valence-corrected chi connectivity index (χ3v) is 4.33. The lowest BCUT2D eigenvalue weighted by molar-refractivity contribution is 0.0600. The molecular formula is C17H19NO3S. The molecule has 22 heavy (non-hydrogen) atoms. The molecule has 0 aliphatic carbocycles. The molecule has 0 saturated carbocycles. The van der Waals surface area contributed by atoms with Crippen molar-refractivity contribution < 1.29 is 14.3 Å². The van der Waals surface area contributed by atoms with E-state index < -0.39 is 5.97 Å². The molecule has 0 unspecified atom stereocenters. The van der Waals surface area contributed by atoms with Crippen LogP contribution in [0.25, 0.3) is 0 Å². The Kier molecular flexibility index (Phi) is 5.33. The molecule has 2 rings (SSSR count). The van der Waals surface area contributed by atoms with Crippen LogP contribution in [-0.2, 0) is 4.74 Å². The Morgan fingerprint density at radius 2 is 1.73 bits per heavy atom. The maximum Gasteiger partial charge on any atom is 0.337 e. The van der Waals surface area contributed by atoms with Crippen LogP contribution < -0.4 is 5.32 Å². The largest absolute Gasteiger partial charge is 0.465 e. The Labute approximate surface area is 134 Å². The maximum atomic E-state index is 12.4. The number of rotatable bonds is 5. The predicted molar refractivity (Wildman–Crippen MR) is 87.1 cm³/mol. The topological polar surface area (TPSA) is 55.4 Å². The second kappa shape index (κ2) is 7.22. The summed E-state index contributed by atoms with van der Waals surface area (Å²) < 4.78 is 4.64. The third-order valence-electron chi connectivity index (χ3n) is 3.37. The molecule has 1 amide bonds. The first kappa shape index (κ1) is 16.2. The van der Waals surface area contributed by atoms with Gasteiger partial charge in [0.25, 0.3) is 5.91 Å². The molecular weight excluding hydrogens is 298 g/mol. The summed E-state index contributed by atoms with van der Waals surface area (Å²) in [7, 11) is 1.33. The maximum absolute atomic E-state index is 12.4. The molecule has 0 fully saturated rings. The Bertz CT molecular complexity index is 632. The number of thiophene rings is 1. The molecule has 1 aromatic carbocycles. The van der Waals surface area contributed by atoms with E-state index in [1.165, 1.54) is 7.11 Å². The zero-order valence-corrected chi connectivity index (χ0v) is 13.6. The normalized spacial score (nSPS) is 12.0. The van der Waals surface area contributed by atoms with E-state index >= 15 is 0 Å². The highest BCUT2D eigenvalue weighted by Gasteiger charge is 2.20. The molecule has 0 spiro atoms. The molecule has 0 aliphatic rings. The quantitative estimate of drug-likeness (QED) is 0.856. The first-order valence-electron chi connectivity index (χ1n) is 7.05. The highest BCUT2D eigenvalue weighted by molar-refractivity contribution is 7.10. The van der Waals surface area contributed by atoms with Gasteiger partial charge in [0.15, 0.2) is 0 Å². The van der Waals surface area contributed by atoms with E-state index in [2.05, 4.69) is 23.9 Å². The van der Waals surface area contributed by atoms with E-state index in [1.807, 2.05) is 17.5 Å². The van der Waals surface area contributed by atoms with Crippen LogP contribution >= 0.6 is 11.3 Å². The Morgan fingerprint density at radius 3 is 2.23 bits per heavy atom. The van der Waals surface area contributed by atoms with Crippen LogP contribution in [-0.4, -0.2) is 19.0 Å². The van der Waals surface area contributed by atoms with Gasteiger partial charge >= 0.3 is 5.97 Å². The molecule has 0 bridgehead atoms. The highest BCUT2D eigenvalue weighted by atomic mass is 32.1. The Balaban J connectivity index is 2.12. The number of ether oxygens (including phenoxy) is 1. The van der Waals surface area contributed by atoms with E-state index in [9.17, 15) is 9.59 Å². The van der Waals surface area contributed by atoms with Crippen LogP contribution in [0.15, 0.2) is 41.8 Å². The van der Waals surface area contributed by atoms with Gasteiger partial charge in [0.2, 0.25) is 0 Å². The number of benzene rings is 1. The van der Waals surface area contributed by atoms with Gasteiger partial charge < -0.3 is 10.1 Å². The monoisotopic (exact) mass is 317 g/mol. The minimum atomic E-state index is -0.411. The lowest BCUT2D eigenvalue weighted by atomic mass is 10.0. The van der Waals surface area contributed by atoms with Gasteiger partial charge in [-0.25, -0.2) is 4.79 Å². The van der Waals surface area contributed by atoms with E-state index in [-0.39, 0.29) is 17.9 Å². The Hall–Kier alpha value is -2.14. The number of esters is 1. The van der Waals surface area contributed by atoms with Gasteiger partial charge in [-0.15, -0.1) is 11.3 Å². The fourth-order valence-corrected chi connectivity index (χ4v) is 3.08. The number of amides is 1. The summed E-state index contributed by atoms with van der Waals surface area (Å²) in [5, 5.41) is 5.06. The zero-order chi connectivity index (χ0) is 16.1. The molecule has 1 atom stereocenters. The van der Waals surface area contributed by atoms with E-state index in [0.29, 0.717) is 11.1 Å². The van der Waals surface area contributed by atoms with Gasteiger partial charge in [-0.3, -0.25) is 4.79 Å². The lowest BCUT2D eigenvalue weighted by Crippen LogP contribution is -2.31. The standard InChI is InChI=1S/C17H19NO3S/c1-11(2)15(14-5-4-10-22-14)18-16(19)12-6-8-13(9-7-12)17(20)21-3/h4-11,15H,1-3H3,(H,18,19)/t15-/m0/s1. The van der Waals surface area contributed by atoms with Crippen LogP contribution in [0.1, 0.15) is 45.5 Å². The fraction of sp³-hybridized carbons (Fsp3) is 0.294. The van der Waals surface area contributed by atoms with E-state index in [4.69, 9.17) is 0 Å². The Morgan fingerprint density at radius 1 is 1.09 bits per heavy atom. The molecule has 1 N–H and O–H groups in total. The fourth-order valence-electron chi connectivity index (χ4n) is 2.13. The number of nitrogens with one attached hydrogen (secondary N) is 1. The van der Waals surface area contributed by atoms with Gasteiger partial charge in [-0.1, -0.05) is 19.9 Å². The van der Waals surface area contributed by atoms with Gasteiger partial charge in [0.05, 0.1) is 18.7 Å². The second-order valence-electron chi connectivity index (χ2n) is 5.28. The van der Waals surface area contributed by atoms with Crippen molar-refractivity contribution in [3.05, 3.63) is 57.8 Å². The lowest BCUT2D eigenvalue weighted by Gasteiger charge is -2.21. The van der Waals surface area contributed by atoms with E-state index in [0.717, 1.165) is 4.88 Å². The summed E-state index contributed by atoms with van der Waals surface area (Å²) in [5.74, 6) is -0.272. The molecule has 1 heterocycles. The SMILES string of the molecule is COC(=O)c1ccc(C(=O)N[C@H](c2cccs2)C(C)C)cc1. The number of hydrogen-bond acceptors (Lipinski definition) is 4. The van der Waals surface area contributed by atoms with Gasteiger partial charge in [-0.05, 0) is 41.6 Å². The van der Waals surface area contributed by atoms with Crippen LogP contribution in [0.5, 0.6) is 0 Å². The smallest absolute Gasteiger partial charge is 0.337 e. The molecule has 0 saturated heterocycles. The first-order chi connectivity index (χ1) is 10.5. The van der Waals surface area contributed by atoms with Crippen molar-refractivity contribution in [2.24, 2.45) is 5.92 Å². The van der Waals surface area contributed by atoms with Gasteiger partial charge in [0.1, 0.15) is 0 Å². The molecule has 1 aromatic heterocycles. The summed E-state index contributed by atoms with van der Waals surface area (Å²) in [6, 6.07) is 10.4. The molecule has 116 valence electrons. The van der Waals surface area contributed by atoms with Crippen molar-refractivity contribution in [3.8, 4) is 0 Å². The van der Waals surface area contributed by atoms with Gasteiger partial charge in [0, 0.05) is 10.4 Å². The van der Waals surface area contributed by atoms with E-state index in [1.54, 1.807) is 35.6 Å². The van der Waals surface area contributed by atoms with Crippen molar-refractivity contribution in [3.63, 3.8) is 0 Å². The van der Waals surface area contributed by atoms with Crippen molar-refractivity contribution in [2.75, 3.05) is 7.11 Å².